The predicted molar refractivity (Wildman–Crippen MR) is 394 cm³/mol. The van der Waals surface area contributed by atoms with Crippen molar-refractivity contribution in [2.75, 3.05) is 0 Å². The summed E-state index contributed by atoms with van der Waals surface area (Å²) >= 11 is 0. The molecule has 0 aromatic heterocycles. The summed E-state index contributed by atoms with van der Waals surface area (Å²) in [6.45, 7) is 30.4. The number of nitrogens with zero attached hydrogens (tertiary/aromatic N) is 2. The van der Waals surface area contributed by atoms with Gasteiger partial charge in [0, 0.05) is 23.1 Å². The second kappa shape index (κ2) is 62.0. The molecule has 0 radical (unpaired) electrons. The number of aryl methyl sites for hydroxylation is 4. The van der Waals surface area contributed by atoms with Crippen LogP contribution in [0.15, 0.2) is 35.4 Å². The normalized spacial score (nSPS) is 12.1. The Morgan fingerprint density at radius 2 is 0.568 bits per heavy atom. The van der Waals surface area contributed by atoms with E-state index in [9.17, 15) is 5.53 Å². The summed E-state index contributed by atoms with van der Waals surface area (Å²) in [5.74, 6) is 7.18. The Bertz CT molecular complexity index is 1950. The summed E-state index contributed by atoms with van der Waals surface area (Å²) in [7, 11) is 0. The molecule has 0 spiro atoms. The minimum atomic E-state index is 0. The van der Waals surface area contributed by atoms with Crippen molar-refractivity contribution >= 4 is 11.4 Å². The molecule has 88 heavy (non-hydrogen) atoms. The summed E-state index contributed by atoms with van der Waals surface area (Å²) in [4.78, 5) is 0. The van der Waals surface area contributed by atoms with Crippen molar-refractivity contribution < 1.29 is 21.2 Å². The molecule has 1 heterocycles. The van der Waals surface area contributed by atoms with Crippen molar-refractivity contribution in [3.05, 3.63) is 99.3 Å². The third-order valence-electron chi connectivity index (χ3n) is 18.9. The Balaban J connectivity index is 0.00000142. The van der Waals surface area contributed by atoms with Gasteiger partial charge in [-0.05, 0) is 130 Å². The summed E-state index contributed by atoms with van der Waals surface area (Å²) in [6.07, 6.45) is 74.7. The van der Waals surface area contributed by atoms with E-state index in [2.05, 4.69) is 119 Å². The molecule has 0 atom stereocenters. The van der Waals surface area contributed by atoms with Gasteiger partial charge in [-0.25, -0.2) is 4.70 Å². The minimum absolute atomic E-state index is 0. The number of hydrogen-bond donors (Lipinski definition) is 0. The van der Waals surface area contributed by atoms with Gasteiger partial charge in [-0.3, -0.25) is 0 Å². The van der Waals surface area contributed by atoms with Crippen LogP contribution in [0.2, 0.25) is 0 Å². The predicted octanol–water partition coefficient (Wildman–Crippen LogP) is 29.6. The fraction of sp³-hybridized carbons (Fsp3) is 0.765. The van der Waals surface area contributed by atoms with E-state index in [0.29, 0.717) is 0 Å². The second-order valence-corrected chi connectivity index (χ2v) is 27.3. The average molecular weight is 1260 g/mol. The third kappa shape index (κ3) is 41.9. The van der Waals surface area contributed by atoms with Gasteiger partial charge in [0.1, 0.15) is 5.57 Å². The Labute approximate surface area is 562 Å². The molecule has 0 amide bonds. The van der Waals surface area contributed by atoms with Gasteiger partial charge < -0.3 is 19.4 Å². The molecule has 2 aromatic carbocycles. The Morgan fingerprint density at radius 3 is 0.852 bits per heavy atom. The molecule has 1 aliphatic heterocycles. The van der Waals surface area contributed by atoms with E-state index in [1.165, 1.54) is 345 Å². The number of hydrogen-bond acceptors (Lipinski definition) is 0. The molecule has 3 heteroatoms. The van der Waals surface area contributed by atoms with E-state index < -0.39 is 0 Å². The van der Waals surface area contributed by atoms with Gasteiger partial charge in [0.2, 0.25) is 11.4 Å². The van der Waals surface area contributed by atoms with Crippen molar-refractivity contribution in [3.8, 4) is 11.8 Å². The number of unbranched alkanes of at least 4 members (excludes halogenated alkanes) is 46. The van der Waals surface area contributed by atoms with Crippen LogP contribution in [0.1, 0.15) is 426 Å². The molecular weight excluding hydrogens is 1110 g/mol. The maximum atomic E-state index is 12.2. The van der Waals surface area contributed by atoms with E-state index in [0.717, 1.165) is 79.5 Å². The second-order valence-electron chi connectivity index (χ2n) is 27.3. The van der Waals surface area contributed by atoms with Crippen molar-refractivity contribution in [1.29, 1.82) is 0 Å². The Kier molecular flexibility index (Phi) is 60.3. The summed E-state index contributed by atoms with van der Waals surface area (Å²) < 4.78 is 1.50. The average Bonchev–Trinajstić information content (AvgIpc) is 2.21. The smallest absolute Gasteiger partial charge is 0.493 e. The molecule has 0 saturated carbocycles. The van der Waals surface area contributed by atoms with Crippen LogP contribution < -0.4 is 0 Å². The molecule has 0 aliphatic carbocycles. The molecule has 0 unspecified atom stereocenters. The molecule has 0 saturated heterocycles. The van der Waals surface area contributed by atoms with E-state index >= 15 is 0 Å². The van der Waals surface area contributed by atoms with Gasteiger partial charge in [-0.2, -0.15) is 12.8 Å². The van der Waals surface area contributed by atoms with E-state index in [1.807, 2.05) is 0 Å². The van der Waals surface area contributed by atoms with E-state index in [4.69, 9.17) is 0 Å². The van der Waals surface area contributed by atoms with Crippen LogP contribution in [0.3, 0.4) is 0 Å². The first-order chi connectivity index (χ1) is 42.6. The van der Waals surface area contributed by atoms with Crippen LogP contribution in [0.4, 0.5) is 0 Å². The Hall–Kier alpha value is -2.43. The summed E-state index contributed by atoms with van der Waals surface area (Å²) in [5, 5.41) is 0. The van der Waals surface area contributed by atoms with E-state index in [-0.39, 0.29) is 16.5 Å². The molecule has 0 bridgehead atoms. The first kappa shape index (κ1) is 85.6. The van der Waals surface area contributed by atoms with Crippen LogP contribution in [0.25, 0.3) is 16.9 Å². The van der Waals surface area contributed by atoms with Gasteiger partial charge in [0.25, 0.3) is 0 Å². The first-order valence-electron chi connectivity index (χ1n) is 38.9. The zero-order chi connectivity index (χ0) is 63.6. The SMILES string of the molecule is CCCCCCC#CC1=C(c2cc(C)c(CCCC)c(C)c2)[N+](=[N-])C(c2cc(C)c(CCCC)c(C)c2)=C1CCCCC.[CH2-]CCCCCCCCCCCCCCCCCCCCC.[CH2-]CCCCCCCCCCCCCCCCCCCCC.[Ni+2]. The molecule has 1 aliphatic rings. The van der Waals surface area contributed by atoms with Crippen molar-refractivity contribution in [2.24, 2.45) is 0 Å². The first-order valence-corrected chi connectivity index (χ1v) is 38.9. The standard InChI is InChI=1S/C41H58N2.2C22H45.Ni/c1-9-13-17-18-19-21-25-39-38(24-20-14-10-2)40(34-26-30(5)36(22-15-11-3)31(6)27-34)43(42)41(39)35-28-32(7)37(23-16-12-4)33(8)29-35;2*1-3-5-7-9-11-13-15-17-19-21-22-20-18-16-14-12-10-8-6-4-2;/h26-29H,9-20,22-24H2,1-8H3;2*1,3-22H2,2H3;/q;2*-1;+2. The molecule has 0 N–H and O–H groups in total. The van der Waals surface area contributed by atoms with Gasteiger partial charge in [-0.1, -0.05) is 342 Å². The zero-order valence-electron chi connectivity index (χ0n) is 60.8. The van der Waals surface area contributed by atoms with Crippen molar-refractivity contribution in [2.45, 2.75) is 422 Å². The Morgan fingerprint density at radius 1 is 0.318 bits per heavy atom. The molecular formula is C85H148N2Ni. The van der Waals surface area contributed by atoms with Gasteiger partial charge in [0.05, 0.1) is 0 Å². The third-order valence-corrected chi connectivity index (χ3v) is 18.9. The van der Waals surface area contributed by atoms with Crippen LogP contribution in [0, 0.1) is 53.4 Å². The van der Waals surface area contributed by atoms with Crippen LogP contribution in [-0.4, -0.2) is 4.70 Å². The van der Waals surface area contributed by atoms with Crippen LogP contribution in [-0.2, 0) is 29.3 Å². The molecule has 2 aromatic rings. The van der Waals surface area contributed by atoms with Crippen LogP contribution >= 0.6 is 0 Å². The van der Waals surface area contributed by atoms with Crippen molar-refractivity contribution in [1.82, 2.24) is 0 Å². The maximum Gasteiger partial charge on any atom is 2.00 e. The number of allylic oxidation sites excluding steroid dienone is 2. The fourth-order valence-electron chi connectivity index (χ4n) is 13.2. The van der Waals surface area contributed by atoms with Gasteiger partial charge in [0.15, 0.2) is 0 Å². The maximum absolute atomic E-state index is 12.2. The minimum Gasteiger partial charge on any atom is -0.493 e. The summed E-state index contributed by atoms with van der Waals surface area (Å²) in [6, 6.07) is 9.19. The van der Waals surface area contributed by atoms with E-state index in [1.54, 1.807) is 0 Å². The van der Waals surface area contributed by atoms with Gasteiger partial charge >= 0.3 is 16.5 Å². The quantitative estimate of drug-likeness (QED) is 0.0207. The fourth-order valence-corrected chi connectivity index (χ4v) is 13.2. The van der Waals surface area contributed by atoms with Crippen molar-refractivity contribution in [3.63, 3.8) is 0 Å². The van der Waals surface area contributed by atoms with Gasteiger partial charge in [-0.15, -0.1) is 0 Å². The number of rotatable bonds is 54. The molecule has 2 nitrogen and oxygen atoms in total. The largest absolute Gasteiger partial charge is 2.00 e. The monoisotopic (exact) mass is 1260 g/mol. The topological polar surface area (TPSA) is 25.3 Å². The summed E-state index contributed by atoms with van der Waals surface area (Å²) in [5.41, 5.74) is 26.5. The number of benzene rings is 2. The van der Waals surface area contributed by atoms with Crippen LogP contribution in [0.5, 0.6) is 0 Å². The molecule has 0 fully saturated rings. The zero-order valence-corrected chi connectivity index (χ0v) is 61.8. The molecule has 508 valence electrons. The molecule has 3 rings (SSSR count).